The fourth-order valence-electron chi connectivity index (χ4n) is 3.33. The van der Waals surface area contributed by atoms with E-state index in [9.17, 15) is 14.9 Å². The van der Waals surface area contributed by atoms with E-state index in [2.05, 4.69) is 32.6 Å². The van der Waals surface area contributed by atoms with E-state index in [1.54, 1.807) is 19.2 Å². The lowest BCUT2D eigenvalue weighted by Gasteiger charge is -2.36. The van der Waals surface area contributed by atoms with Crippen LogP contribution in [0.2, 0.25) is 0 Å². The molecule has 3 rings (SSSR count). The third-order valence-corrected chi connectivity index (χ3v) is 4.93. The Hall–Kier alpha value is -3.13. The second kappa shape index (κ2) is 9.18. The maximum absolute atomic E-state index is 12.3. The van der Waals surface area contributed by atoms with Gasteiger partial charge in [-0.2, -0.15) is 0 Å². The molecule has 0 aromatic heterocycles. The number of nitro benzene ring substituents is 1. The fraction of sp³-hybridized carbons (Fsp3) is 0.350. The zero-order chi connectivity index (χ0) is 19.9. The lowest BCUT2D eigenvalue weighted by atomic mass is 10.1. The van der Waals surface area contributed by atoms with Crippen molar-refractivity contribution in [2.24, 2.45) is 0 Å². The third kappa shape index (κ3) is 4.77. The van der Waals surface area contributed by atoms with Crippen molar-refractivity contribution >= 4 is 23.0 Å². The minimum Gasteiger partial charge on any atom is -0.383 e. The van der Waals surface area contributed by atoms with Gasteiger partial charge in [-0.3, -0.25) is 19.8 Å². The van der Waals surface area contributed by atoms with Gasteiger partial charge < -0.3 is 15.5 Å². The average molecular weight is 383 g/mol. The molecule has 2 N–H and O–H groups in total. The molecule has 1 heterocycles. The molecule has 0 radical (unpaired) electrons. The summed E-state index contributed by atoms with van der Waals surface area (Å²) in [5, 5.41) is 16.7. The summed E-state index contributed by atoms with van der Waals surface area (Å²) in [4.78, 5) is 27.6. The molecule has 2 aromatic rings. The molecule has 0 spiro atoms. The van der Waals surface area contributed by atoms with E-state index in [0.29, 0.717) is 17.8 Å². The molecule has 2 aromatic carbocycles. The maximum atomic E-state index is 12.3. The lowest BCUT2D eigenvalue weighted by Crippen LogP contribution is -2.48. The fourth-order valence-corrected chi connectivity index (χ4v) is 3.33. The van der Waals surface area contributed by atoms with Crippen LogP contribution in [-0.4, -0.2) is 62.0 Å². The minimum absolute atomic E-state index is 0.104. The van der Waals surface area contributed by atoms with Gasteiger partial charge in [-0.1, -0.05) is 18.2 Å². The predicted molar refractivity (Wildman–Crippen MR) is 110 cm³/mol. The average Bonchev–Trinajstić information content (AvgIpc) is 2.74. The first-order chi connectivity index (χ1) is 13.6. The molecular weight excluding hydrogens is 358 g/mol. The van der Waals surface area contributed by atoms with Crippen LogP contribution in [0.5, 0.6) is 0 Å². The van der Waals surface area contributed by atoms with Crippen molar-refractivity contribution in [3.63, 3.8) is 0 Å². The number of para-hydroxylation sites is 1. The van der Waals surface area contributed by atoms with Crippen LogP contribution in [0, 0.1) is 10.1 Å². The van der Waals surface area contributed by atoms with Gasteiger partial charge in [-0.05, 0) is 24.3 Å². The number of piperazine rings is 1. The Morgan fingerprint density at radius 1 is 1.11 bits per heavy atom. The quantitative estimate of drug-likeness (QED) is 0.563. The van der Waals surface area contributed by atoms with Gasteiger partial charge >= 0.3 is 0 Å². The lowest BCUT2D eigenvalue weighted by molar-refractivity contribution is -0.384. The van der Waals surface area contributed by atoms with Crippen LogP contribution in [0.3, 0.4) is 0 Å². The number of hydrogen-bond acceptors (Lipinski definition) is 6. The van der Waals surface area contributed by atoms with Crippen molar-refractivity contribution in [3.8, 4) is 0 Å². The van der Waals surface area contributed by atoms with Crippen LogP contribution in [-0.2, 0) is 0 Å². The number of nitrogens with zero attached hydrogens (tertiary/aromatic N) is 3. The van der Waals surface area contributed by atoms with E-state index in [0.717, 1.165) is 32.7 Å². The third-order valence-electron chi connectivity index (χ3n) is 4.93. The Labute approximate surface area is 164 Å². The molecule has 0 saturated carbocycles. The number of benzene rings is 2. The van der Waals surface area contributed by atoms with Gasteiger partial charge in [0.15, 0.2) is 0 Å². The van der Waals surface area contributed by atoms with E-state index in [1.807, 2.05) is 18.2 Å². The molecular formula is C20H25N5O3. The summed E-state index contributed by atoms with van der Waals surface area (Å²) in [6.07, 6.45) is 0. The van der Waals surface area contributed by atoms with Crippen LogP contribution >= 0.6 is 0 Å². The number of nitrogens with one attached hydrogen (secondary N) is 2. The van der Waals surface area contributed by atoms with Crippen LogP contribution < -0.4 is 15.5 Å². The standard InChI is InChI=1S/C20H25N5O3/c1-21-18-8-7-16(15-19(18)25(27)28)20(26)22-9-10-23-11-13-24(14-12-23)17-5-3-2-4-6-17/h2-8,15,21H,9-14H2,1H3,(H,22,26). The molecule has 0 unspecified atom stereocenters. The highest BCUT2D eigenvalue weighted by molar-refractivity contribution is 5.95. The largest absolute Gasteiger partial charge is 0.383 e. The molecule has 1 fully saturated rings. The first kappa shape index (κ1) is 19.6. The minimum atomic E-state index is -0.491. The zero-order valence-corrected chi connectivity index (χ0v) is 15.9. The number of amides is 1. The number of carbonyl (C=O) groups excluding carboxylic acids is 1. The molecule has 0 bridgehead atoms. The molecule has 148 valence electrons. The van der Waals surface area contributed by atoms with E-state index in [1.165, 1.54) is 11.8 Å². The first-order valence-corrected chi connectivity index (χ1v) is 9.35. The van der Waals surface area contributed by atoms with Gasteiger partial charge in [0.2, 0.25) is 0 Å². The van der Waals surface area contributed by atoms with Gasteiger partial charge in [0.05, 0.1) is 4.92 Å². The van der Waals surface area contributed by atoms with Crippen molar-refractivity contribution in [1.82, 2.24) is 10.2 Å². The summed E-state index contributed by atoms with van der Waals surface area (Å²) in [6, 6.07) is 14.8. The number of nitro groups is 1. The van der Waals surface area contributed by atoms with E-state index >= 15 is 0 Å². The summed E-state index contributed by atoms with van der Waals surface area (Å²) >= 11 is 0. The molecule has 1 saturated heterocycles. The Morgan fingerprint density at radius 3 is 2.46 bits per heavy atom. The first-order valence-electron chi connectivity index (χ1n) is 9.35. The highest BCUT2D eigenvalue weighted by Gasteiger charge is 2.18. The summed E-state index contributed by atoms with van der Waals surface area (Å²) in [7, 11) is 1.61. The molecule has 1 aliphatic rings. The maximum Gasteiger partial charge on any atom is 0.293 e. The predicted octanol–water partition coefficient (Wildman–Crippen LogP) is 2.19. The van der Waals surface area contributed by atoms with E-state index < -0.39 is 4.92 Å². The zero-order valence-electron chi connectivity index (χ0n) is 15.9. The molecule has 1 amide bonds. The molecule has 0 aliphatic carbocycles. The normalized spacial score (nSPS) is 14.5. The Kier molecular flexibility index (Phi) is 6.44. The summed E-state index contributed by atoms with van der Waals surface area (Å²) in [5.74, 6) is -0.298. The topological polar surface area (TPSA) is 90.8 Å². The Morgan fingerprint density at radius 2 is 1.82 bits per heavy atom. The van der Waals surface area contributed by atoms with Crippen molar-refractivity contribution in [3.05, 3.63) is 64.2 Å². The van der Waals surface area contributed by atoms with Gasteiger partial charge in [0.1, 0.15) is 5.69 Å². The summed E-state index contributed by atoms with van der Waals surface area (Å²) in [6.45, 7) is 5.04. The van der Waals surface area contributed by atoms with Gasteiger partial charge in [-0.15, -0.1) is 0 Å². The number of anilines is 2. The van der Waals surface area contributed by atoms with Crippen LogP contribution in [0.1, 0.15) is 10.4 Å². The molecule has 1 aliphatic heterocycles. The summed E-state index contributed by atoms with van der Waals surface area (Å²) < 4.78 is 0. The number of rotatable bonds is 7. The van der Waals surface area contributed by atoms with E-state index in [4.69, 9.17) is 0 Å². The van der Waals surface area contributed by atoms with Gasteiger partial charge in [0, 0.05) is 63.6 Å². The highest BCUT2D eigenvalue weighted by atomic mass is 16.6. The molecule has 0 atom stereocenters. The SMILES string of the molecule is CNc1ccc(C(=O)NCCN2CCN(c3ccccc3)CC2)cc1[N+](=O)[O-]. The Balaban J connectivity index is 1.46. The monoisotopic (exact) mass is 383 g/mol. The number of hydrogen-bond donors (Lipinski definition) is 2. The van der Waals surface area contributed by atoms with Crippen molar-refractivity contribution in [1.29, 1.82) is 0 Å². The van der Waals surface area contributed by atoms with Crippen LogP contribution in [0.15, 0.2) is 48.5 Å². The second-order valence-electron chi connectivity index (χ2n) is 6.66. The Bertz CT molecular complexity index is 820. The second-order valence-corrected chi connectivity index (χ2v) is 6.66. The van der Waals surface area contributed by atoms with Crippen molar-refractivity contribution in [2.45, 2.75) is 0 Å². The van der Waals surface area contributed by atoms with Crippen LogP contribution in [0.4, 0.5) is 17.1 Å². The molecule has 8 nitrogen and oxygen atoms in total. The van der Waals surface area contributed by atoms with Crippen molar-refractivity contribution < 1.29 is 9.72 Å². The smallest absolute Gasteiger partial charge is 0.293 e. The van der Waals surface area contributed by atoms with Crippen molar-refractivity contribution in [2.75, 3.05) is 56.5 Å². The highest BCUT2D eigenvalue weighted by Crippen LogP contribution is 2.24. The van der Waals surface area contributed by atoms with Gasteiger partial charge in [0.25, 0.3) is 11.6 Å². The van der Waals surface area contributed by atoms with Crippen LogP contribution in [0.25, 0.3) is 0 Å². The summed E-state index contributed by atoms with van der Waals surface area (Å²) in [5.41, 5.74) is 1.81. The van der Waals surface area contributed by atoms with E-state index in [-0.39, 0.29) is 11.6 Å². The molecule has 28 heavy (non-hydrogen) atoms. The molecule has 8 heteroatoms. The van der Waals surface area contributed by atoms with Gasteiger partial charge in [-0.25, -0.2) is 0 Å². The number of carbonyl (C=O) groups is 1.